The van der Waals surface area contributed by atoms with Crippen LogP contribution in [0.5, 0.6) is 5.88 Å². The van der Waals surface area contributed by atoms with Gasteiger partial charge >= 0.3 is 5.69 Å². The van der Waals surface area contributed by atoms with Crippen molar-refractivity contribution in [1.82, 2.24) is 9.97 Å². The summed E-state index contributed by atoms with van der Waals surface area (Å²) in [5.74, 6) is 0.778. The molecule has 24 heavy (non-hydrogen) atoms. The molecule has 1 unspecified atom stereocenters. The lowest BCUT2D eigenvalue weighted by Crippen LogP contribution is -2.16. The van der Waals surface area contributed by atoms with Gasteiger partial charge in [-0.2, -0.15) is 0 Å². The van der Waals surface area contributed by atoms with E-state index in [1.807, 2.05) is 12.1 Å². The van der Waals surface area contributed by atoms with E-state index in [9.17, 15) is 10.1 Å². The molecule has 0 spiro atoms. The first-order valence-corrected chi connectivity index (χ1v) is 7.66. The second-order valence-corrected chi connectivity index (χ2v) is 5.54. The Balaban J connectivity index is 1.69. The van der Waals surface area contributed by atoms with Gasteiger partial charge in [-0.3, -0.25) is 10.1 Å². The van der Waals surface area contributed by atoms with Crippen LogP contribution in [0.2, 0.25) is 0 Å². The van der Waals surface area contributed by atoms with Crippen LogP contribution in [-0.4, -0.2) is 34.2 Å². The summed E-state index contributed by atoms with van der Waals surface area (Å²) in [6, 6.07) is 5.25. The van der Waals surface area contributed by atoms with Crippen LogP contribution in [0, 0.1) is 17.0 Å². The fourth-order valence-electron chi connectivity index (χ4n) is 2.50. The number of aryl methyl sites for hydroxylation is 1. The molecule has 0 amide bonds. The SMILES string of the molecule is Cc1ccnc(NCc2ccnc(OC3CCOC3)c2)c1[N+](=O)[O-]. The molecule has 0 bridgehead atoms. The van der Waals surface area contributed by atoms with Gasteiger partial charge in [-0.15, -0.1) is 0 Å². The molecule has 1 fully saturated rings. The summed E-state index contributed by atoms with van der Waals surface area (Å²) in [7, 11) is 0. The first kappa shape index (κ1) is 16.1. The maximum Gasteiger partial charge on any atom is 0.314 e. The van der Waals surface area contributed by atoms with Crippen LogP contribution < -0.4 is 10.1 Å². The first-order chi connectivity index (χ1) is 11.6. The minimum atomic E-state index is -0.425. The van der Waals surface area contributed by atoms with Crippen molar-refractivity contribution in [2.24, 2.45) is 0 Å². The van der Waals surface area contributed by atoms with Crippen molar-refractivity contribution in [1.29, 1.82) is 0 Å². The van der Waals surface area contributed by atoms with Crippen molar-refractivity contribution in [2.45, 2.75) is 26.0 Å². The predicted octanol–water partition coefficient (Wildman–Crippen LogP) is 2.47. The molecule has 2 aromatic heterocycles. The van der Waals surface area contributed by atoms with Crippen molar-refractivity contribution < 1.29 is 14.4 Å². The molecule has 1 aliphatic rings. The zero-order valence-electron chi connectivity index (χ0n) is 13.3. The number of aromatic nitrogens is 2. The lowest BCUT2D eigenvalue weighted by molar-refractivity contribution is -0.384. The Morgan fingerprint density at radius 1 is 1.42 bits per heavy atom. The van der Waals surface area contributed by atoms with E-state index < -0.39 is 4.92 Å². The molecule has 1 atom stereocenters. The van der Waals surface area contributed by atoms with Gasteiger partial charge < -0.3 is 14.8 Å². The Morgan fingerprint density at radius 2 is 2.25 bits per heavy atom. The summed E-state index contributed by atoms with van der Waals surface area (Å²) in [4.78, 5) is 19.0. The number of rotatable bonds is 6. The number of hydrogen-bond donors (Lipinski definition) is 1. The molecule has 8 nitrogen and oxygen atoms in total. The molecule has 1 saturated heterocycles. The van der Waals surface area contributed by atoms with Gasteiger partial charge in [0.2, 0.25) is 11.7 Å². The van der Waals surface area contributed by atoms with Crippen molar-refractivity contribution in [3.05, 3.63) is 51.8 Å². The molecule has 0 aliphatic carbocycles. The Bertz CT molecular complexity index is 732. The summed E-state index contributed by atoms with van der Waals surface area (Å²) in [6.45, 7) is 3.35. The highest BCUT2D eigenvalue weighted by Gasteiger charge is 2.19. The van der Waals surface area contributed by atoms with Crippen molar-refractivity contribution in [3.63, 3.8) is 0 Å². The fourth-order valence-corrected chi connectivity index (χ4v) is 2.50. The highest BCUT2D eigenvalue weighted by atomic mass is 16.6. The Morgan fingerprint density at radius 3 is 3.00 bits per heavy atom. The van der Waals surface area contributed by atoms with Gasteiger partial charge in [-0.1, -0.05) is 0 Å². The third-order valence-electron chi connectivity index (χ3n) is 3.74. The summed E-state index contributed by atoms with van der Waals surface area (Å²) in [5.41, 5.74) is 1.46. The molecular formula is C16H18N4O4. The summed E-state index contributed by atoms with van der Waals surface area (Å²) in [5, 5.41) is 14.2. The highest BCUT2D eigenvalue weighted by molar-refractivity contribution is 5.59. The molecule has 0 radical (unpaired) electrons. The van der Waals surface area contributed by atoms with Crippen LogP contribution >= 0.6 is 0 Å². The largest absolute Gasteiger partial charge is 0.472 e. The molecule has 1 N–H and O–H groups in total. The van der Waals surface area contributed by atoms with E-state index >= 15 is 0 Å². The zero-order chi connectivity index (χ0) is 16.9. The average molecular weight is 330 g/mol. The summed E-state index contributed by atoms with van der Waals surface area (Å²) >= 11 is 0. The van der Waals surface area contributed by atoms with Crippen LogP contribution in [0.3, 0.4) is 0 Å². The van der Waals surface area contributed by atoms with Gasteiger partial charge in [0.25, 0.3) is 0 Å². The minimum Gasteiger partial charge on any atom is -0.472 e. The molecule has 2 aromatic rings. The Labute approximate surface area is 139 Å². The highest BCUT2D eigenvalue weighted by Crippen LogP contribution is 2.26. The van der Waals surface area contributed by atoms with E-state index in [1.54, 1.807) is 25.4 Å². The van der Waals surface area contributed by atoms with E-state index in [2.05, 4.69) is 15.3 Å². The number of hydrogen-bond acceptors (Lipinski definition) is 7. The van der Waals surface area contributed by atoms with Gasteiger partial charge in [0.15, 0.2) is 0 Å². The van der Waals surface area contributed by atoms with Gasteiger partial charge in [0.05, 0.1) is 18.1 Å². The first-order valence-electron chi connectivity index (χ1n) is 7.66. The number of nitrogens with zero attached hydrogens (tertiary/aromatic N) is 3. The van der Waals surface area contributed by atoms with E-state index in [0.29, 0.717) is 31.2 Å². The summed E-state index contributed by atoms with van der Waals surface area (Å²) < 4.78 is 11.0. The van der Waals surface area contributed by atoms with Crippen molar-refractivity contribution >= 4 is 11.5 Å². The topological polar surface area (TPSA) is 99.4 Å². The van der Waals surface area contributed by atoms with Crippen molar-refractivity contribution in [3.8, 4) is 5.88 Å². The van der Waals surface area contributed by atoms with Crippen LogP contribution in [0.15, 0.2) is 30.6 Å². The molecule has 126 valence electrons. The zero-order valence-corrected chi connectivity index (χ0v) is 13.3. The predicted molar refractivity (Wildman–Crippen MR) is 87.0 cm³/mol. The van der Waals surface area contributed by atoms with Crippen LogP contribution in [-0.2, 0) is 11.3 Å². The lowest BCUT2D eigenvalue weighted by atomic mass is 10.2. The molecule has 0 saturated carbocycles. The Kier molecular flexibility index (Phi) is 4.85. The van der Waals surface area contributed by atoms with E-state index in [1.165, 1.54) is 0 Å². The van der Waals surface area contributed by atoms with Gasteiger partial charge in [0.1, 0.15) is 6.10 Å². The maximum absolute atomic E-state index is 11.2. The molecule has 8 heteroatoms. The number of nitro groups is 1. The maximum atomic E-state index is 11.2. The average Bonchev–Trinajstić information content (AvgIpc) is 3.06. The standard InChI is InChI=1S/C16H18N4O4/c1-11-2-5-18-16(15(11)20(21)22)19-9-12-3-6-17-14(8-12)24-13-4-7-23-10-13/h2-3,5-6,8,13H,4,7,9-10H2,1H3,(H,18,19). The fraction of sp³-hybridized carbons (Fsp3) is 0.375. The van der Waals surface area contributed by atoms with Gasteiger partial charge in [-0.05, 0) is 24.6 Å². The van der Waals surface area contributed by atoms with Gasteiger partial charge in [-0.25, -0.2) is 9.97 Å². The Hall–Kier alpha value is -2.74. The second kappa shape index (κ2) is 7.22. The molecule has 1 aliphatic heterocycles. The number of ether oxygens (including phenoxy) is 2. The lowest BCUT2D eigenvalue weighted by Gasteiger charge is -2.12. The van der Waals surface area contributed by atoms with Crippen LogP contribution in [0.1, 0.15) is 17.5 Å². The third-order valence-corrected chi connectivity index (χ3v) is 3.74. The van der Waals surface area contributed by atoms with Gasteiger partial charge in [0, 0.05) is 37.0 Å². The van der Waals surface area contributed by atoms with E-state index in [4.69, 9.17) is 9.47 Å². The molecule has 3 heterocycles. The smallest absolute Gasteiger partial charge is 0.314 e. The molecule has 3 rings (SSSR count). The van der Waals surface area contributed by atoms with Crippen LogP contribution in [0.25, 0.3) is 0 Å². The number of nitrogens with one attached hydrogen (secondary N) is 1. The summed E-state index contributed by atoms with van der Waals surface area (Å²) in [6.07, 6.45) is 4.08. The monoisotopic (exact) mass is 330 g/mol. The normalized spacial score (nSPS) is 16.8. The van der Waals surface area contributed by atoms with E-state index in [0.717, 1.165) is 12.0 Å². The minimum absolute atomic E-state index is 0.00821. The van der Waals surface area contributed by atoms with Crippen molar-refractivity contribution in [2.75, 3.05) is 18.5 Å². The third kappa shape index (κ3) is 3.77. The van der Waals surface area contributed by atoms with Crippen LogP contribution in [0.4, 0.5) is 11.5 Å². The number of anilines is 1. The molecular weight excluding hydrogens is 312 g/mol. The quantitative estimate of drug-likeness (QED) is 0.641. The number of pyridine rings is 2. The second-order valence-electron chi connectivity index (χ2n) is 5.54. The van der Waals surface area contributed by atoms with E-state index in [-0.39, 0.29) is 17.6 Å². The molecule has 0 aromatic carbocycles.